The quantitative estimate of drug-likeness (QED) is 0.747. The van der Waals surface area contributed by atoms with Gasteiger partial charge in [0.1, 0.15) is 18.1 Å². The third kappa shape index (κ3) is 3.95. The van der Waals surface area contributed by atoms with Gasteiger partial charge in [0, 0.05) is 26.2 Å². The van der Waals surface area contributed by atoms with Crippen molar-refractivity contribution in [2.75, 3.05) is 44.2 Å². The second kappa shape index (κ2) is 8.31. The van der Waals surface area contributed by atoms with Gasteiger partial charge in [-0.1, -0.05) is 23.7 Å². The molecule has 2 heterocycles. The molecule has 30 heavy (non-hydrogen) atoms. The molecule has 0 bridgehead atoms. The molecule has 0 spiro atoms. The fourth-order valence-corrected chi connectivity index (χ4v) is 3.80. The summed E-state index contributed by atoms with van der Waals surface area (Å²) in [5, 5.41) is 0.0583. The molecule has 9 heteroatoms. The van der Waals surface area contributed by atoms with Gasteiger partial charge in [-0.2, -0.15) is 0 Å². The maximum atomic E-state index is 13.2. The summed E-state index contributed by atoms with van der Waals surface area (Å²) < 4.78 is 18.6. The maximum Gasteiger partial charge on any atom is 0.265 e. The summed E-state index contributed by atoms with van der Waals surface area (Å²) in [4.78, 5) is 42.3. The van der Waals surface area contributed by atoms with E-state index in [0.29, 0.717) is 37.6 Å². The Morgan fingerprint density at radius 3 is 2.47 bits per heavy atom. The van der Waals surface area contributed by atoms with Gasteiger partial charge in [-0.3, -0.25) is 19.3 Å². The summed E-state index contributed by atoms with van der Waals surface area (Å²) in [6.45, 7) is 1.13. The van der Waals surface area contributed by atoms with Gasteiger partial charge in [0.25, 0.3) is 11.8 Å². The van der Waals surface area contributed by atoms with Crippen LogP contribution in [0, 0.1) is 5.82 Å². The van der Waals surface area contributed by atoms with Crippen LogP contribution in [-0.2, 0) is 9.59 Å². The lowest BCUT2D eigenvalue weighted by molar-refractivity contribution is -0.133. The molecule has 156 valence electrons. The third-order valence-corrected chi connectivity index (χ3v) is 5.50. The Balaban J connectivity index is 1.38. The summed E-state index contributed by atoms with van der Waals surface area (Å²) in [5.41, 5.74) is 0.801. The smallest absolute Gasteiger partial charge is 0.265 e. The summed E-state index contributed by atoms with van der Waals surface area (Å²) in [6, 6.07) is 10.7. The molecule has 0 atom stereocenters. The maximum absolute atomic E-state index is 13.2. The van der Waals surface area contributed by atoms with E-state index < -0.39 is 5.82 Å². The van der Waals surface area contributed by atoms with Crippen molar-refractivity contribution in [3.63, 3.8) is 0 Å². The molecule has 4 rings (SSSR count). The Kier molecular flexibility index (Phi) is 5.59. The molecule has 3 amide bonds. The minimum Gasteiger partial charge on any atom is -0.482 e. The zero-order valence-electron chi connectivity index (χ0n) is 16.0. The van der Waals surface area contributed by atoms with Crippen molar-refractivity contribution in [2.24, 2.45) is 0 Å². The molecule has 2 aliphatic heterocycles. The fraction of sp³-hybridized carbons (Fsp3) is 0.286. The zero-order valence-corrected chi connectivity index (χ0v) is 16.8. The topological polar surface area (TPSA) is 70.2 Å². The van der Waals surface area contributed by atoms with Gasteiger partial charge in [0.2, 0.25) is 5.91 Å². The number of hydrogen-bond acceptors (Lipinski definition) is 4. The molecular formula is C21H19ClFN3O4. The number of benzene rings is 2. The molecule has 0 aliphatic carbocycles. The number of fused-ring (bicyclic) bond motifs is 1. The fourth-order valence-electron chi connectivity index (χ4n) is 3.55. The van der Waals surface area contributed by atoms with Gasteiger partial charge in [-0.25, -0.2) is 4.39 Å². The van der Waals surface area contributed by atoms with Crippen LogP contribution in [0.2, 0.25) is 5.02 Å². The molecule has 7 nitrogen and oxygen atoms in total. The van der Waals surface area contributed by atoms with E-state index in [2.05, 4.69) is 0 Å². The van der Waals surface area contributed by atoms with E-state index in [0.717, 1.165) is 6.07 Å². The standard InChI is InChI=1S/C21H19ClFN3O4/c22-16-11-14(23)5-6-15(16)21(29)25-9-7-24(8-10-25)19(27)12-26-17-3-1-2-4-18(17)30-13-20(26)28/h1-6,11H,7-10,12-13H2. The van der Waals surface area contributed by atoms with Gasteiger partial charge in [-0.05, 0) is 30.3 Å². The van der Waals surface area contributed by atoms with Crippen LogP contribution >= 0.6 is 11.6 Å². The normalized spacial score (nSPS) is 16.2. The lowest BCUT2D eigenvalue weighted by atomic mass is 10.1. The Labute approximate surface area is 177 Å². The molecule has 0 unspecified atom stereocenters. The van der Waals surface area contributed by atoms with Crippen LogP contribution in [0.15, 0.2) is 42.5 Å². The highest BCUT2D eigenvalue weighted by Crippen LogP contribution is 2.31. The summed E-state index contributed by atoms with van der Waals surface area (Å²) in [7, 11) is 0. The molecule has 0 saturated carbocycles. The number of halogens is 2. The highest BCUT2D eigenvalue weighted by atomic mass is 35.5. The Morgan fingerprint density at radius 1 is 1.03 bits per heavy atom. The minimum atomic E-state index is -0.508. The van der Waals surface area contributed by atoms with Crippen molar-refractivity contribution in [2.45, 2.75) is 0 Å². The number of carbonyl (C=O) groups is 3. The van der Waals surface area contributed by atoms with Gasteiger partial charge in [0.15, 0.2) is 6.61 Å². The third-order valence-electron chi connectivity index (χ3n) is 5.18. The van der Waals surface area contributed by atoms with Crippen LogP contribution in [0.4, 0.5) is 10.1 Å². The lowest BCUT2D eigenvalue weighted by Crippen LogP contribution is -2.54. The van der Waals surface area contributed by atoms with Gasteiger partial charge >= 0.3 is 0 Å². The molecular weight excluding hydrogens is 413 g/mol. The number of amides is 3. The second-order valence-corrected chi connectivity index (χ2v) is 7.44. The highest BCUT2D eigenvalue weighted by molar-refractivity contribution is 6.33. The van der Waals surface area contributed by atoms with Crippen molar-refractivity contribution in [3.8, 4) is 5.75 Å². The largest absolute Gasteiger partial charge is 0.482 e. The van der Waals surface area contributed by atoms with E-state index in [-0.39, 0.29) is 41.5 Å². The number of ether oxygens (including phenoxy) is 1. The predicted octanol–water partition coefficient (Wildman–Crippen LogP) is 2.19. The van der Waals surface area contributed by atoms with E-state index in [4.69, 9.17) is 16.3 Å². The first kappa shape index (κ1) is 20.2. The van der Waals surface area contributed by atoms with E-state index in [1.807, 2.05) is 0 Å². The number of piperazine rings is 1. The van der Waals surface area contributed by atoms with Crippen LogP contribution in [0.5, 0.6) is 5.75 Å². The molecule has 0 aromatic heterocycles. The van der Waals surface area contributed by atoms with Gasteiger partial charge < -0.3 is 14.5 Å². The van der Waals surface area contributed by atoms with Crippen LogP contribution in [0.1, 0.15) is 10.4 Å². The molecule has 0 radical (unpaired) electrons. The van der Waals surface area contributed by atoms with Gasteiger partial charge in [0.05, 0.1) is 16.3 Å². The second-order valence-electron chi connectivity index (χ2n) is 7.03. The zero-order chi connectivity index (χ0) is 21.3. The Hall–Kier alpha value is -3.13. The van der Waals surface area contributed by atoms with Crippen molar-refractivity contribution in [1.82, 2.24) is 9.80 Å². The van der Waals surface area contributed by atoms with Crippen molar-refractivity contribution in [1.29, 1.82) is 0 Å². The molecule has 0 N–H and O–H groups in total. The molecule has 2 aromatic rings. The van der Waals surface area contributed by atoms with Crippen LogP contribution < -0.4 is 9.64 Å². The van der Waals surface area contributed by atoms with E-state index in [1.165, 1.54) is 17.0 Å². The summed E-state index contributed by atoms with van der Waals surface area (Å²) in [6.07, 6.45) is 0. The monoisotopic (exact) mass is 431 g/mol. The predicted molar refractivity (Wildman–Crippen MR) is 108 cm³/mol. The lowest BCUT2D eigenvalue weighted by Gasteiger charge is -2.36. The number of carbonyl (C=O) groups excluding carboxylic acids is 3. The van der Waals surface area contributed by atoms with E-state index in [9.17, 15) is 18.8 Å². The first-order valence-electron chi connectivity index (χ1n) is 9.48. The Morgan fingerprint density at radius 2 is 1.73 bits per heavy atom. The summed E-state index contributed by atoms with van der Waals surface area (Å²) >= 11 is 5.99. The molecule has 2 aliphatic rings. The number of para-hydroxylation sites is 2. The summed E-state index contributed by atoms with van der Waals surface area (Å²) in [5.74, 6) is -0.721. The van der Waals surface area contributed by atoms with Gasteiger partial charge in [-0.15, -0.1) is 0 Å². The number of anilines is 1. The van der Waals surface area contributed by atoms with Crippen LogP contribution in [-0.4, -0.2) is 66.9 Å². The minimum absolute atomic E-state index is 0.0583. The van der Waals surface area contributed by atoms with E-state index >= 15 is 0 Å². The van der Waals surface area contributed by atoms with Crippen LogP contribution in [0.25, 0.3) is 0 Å². The molecule has 1 saturated heterocycles. The number of rotatable bonds is 3. The van der Waals surface area contributed by atoms with Crippen molar-refractivity contribution < 1.29 is 23.5 Å². The Bertz CT molecular complexity index is 1010. The number of nitrogens with zero attached hydrogens (tertiary/aromatic N) is 3. The van der Waals surface area contributed by atoms with Crippen LogP contribution in [0.3, 0.4) is 0 Å². The van der Waals surface area contributed by atoms with Crippen molar-refractivity contribution in [3.05, 3.63) is 58.9 Å². The first-order valence-corrected chi connectivity index (χ1v) is 9.86. The average molecular weight is 432 g/mol. The van der Waals surface area contributed by atoms with E-state index in [1.54, 1.807) is 34.1 Å². The molecule has 1 fully saturated rings. The SMILES string of the molecule is O=C(CN1C(=O)COc2ccccc21)N1CCN(C(=O)c2ccc(F)cc2Cl)CC1. The number of hydrogen-bond donors (Lipinski definition) is 0. The first-order chi connectivity index (χ1) is 14.4. The average Bonchev–Trinajstić information content (AvgIpc) is 2.75. The van der Waals surface area contributed by atoms with Crippen molar-refractivity contribution >= 4 is 35.0 Å². The highest BCUT2D eigenvalue weighted by Gasteiger charge is 2.31. The molecule has 2 aromatic carbocycles.